The molecule has 0 aromatic carbocycles. The molecule has 0 heterocycles. The first kappa shape index (κ1) is 48.8. The zero-order valence-corrected chi connectivity index (χ0v) is 33.9. The number of allylic oxidation sites excluding steroid dienone is 8. The maximum absolute atomic E-state index is 12.5. The van der Waals surface area contributed by atoms with Gasteiger partial charge in [-0.05, 0) is 97.7 Å². The Balaban J connectivity index is 4.06. The van der Waals surface area contributed by atoms with Crippen LogP contribution in [0.3, 0.4) is 0 Å². The SMILES string of the molecule is CC/C=C\C/C=C\C/C=C\CCCCCCCCOCC(COC(=O)CCCCCCC/C=C\CCCCCCCC)OC(=O)CCCN(C)C. The fourth-order valence-electron chi connectivity index (χ4n) is 5.71. The monoisotopic (exact) mass is 716 g/mol. The standard InChI is InChI=1S/C45H81NO5/c1-5-7-9-11-13-15-17-19-21-23-25-27-29-31-33-35-40-49-41-43(51-45(48)38-36-39-46(3)4)42-50-44(47)37-34-32-30-28-26-24-22-20-18-16-14-12-10-8-6-2/h7,9,13,15,19-22,43H,5-6,8,10-12,14,16-18,23-42H2,1-4H3/b9-7-,15-13-,21-19-,22-20-. The molecular weight excluding hydrogens is 634 g/mol. The van der Waals surface area contributed by atoms with Gasteiger partial charge >= 0.3 is 11.9 Å². The average molecular weight is 716 g/mol. The van der Waals surface area contributed by atoms with Gasteiger partial charge in [0.2, 0.25) is 0 Å². The molecular formula is C45H81NO5. The molecule has 6 heteroatoms. The van der Waals surface area contributed by atoms with Crippen molar-refractivity contribution in [3.8, 4) is 0 Å². The molecule has 0 amide bonds. The summed E-state index contributed by atoms with van der Waals surface area (Å²) in [4.78, 5) is 26.9. The maximum Gasteiger partial charge on any atom is 0.306 e. The lowest BCUT2D eigenvalue weighted by molar-refractivity contribution is -0.163. The topological polar surface area (TPSA) is 65.1 Å². The van der Waals surface area contributed by atoms with Crippen molar-refractivity contribution in [2.75, 3.05) is 40.5 Å². The van der Waals surface area contributed by atoms with Gasteiger partial charge in [-0.1, -0.05) is 140 Å². The fourth-order valence-corrected chi connectivity index (χ4v) is 5.71. The highest BCUT2D eigenvalue weighted by Crippen LogP contribution is 2.12. The van der Waals surface area contributed by atoms with Gasteiger partial charge in [0, 0.05) is 19.4 Å². The predicted molar refractivity (Wildman–Crippen MR) is 218 cm³/mol. The summed E-state index contributed by atoms with van der Waals surface area (Å²) in [5.41, 5.74) is 0. The molecule has 6 nitrogen and oxygen atoms in total. The van der Waals surface area contributed by atoms with E-state index in [-0.39, 0.29) is 25.2 Å². The smallest absolute Gasteiger partial charge is 0.306 e. The van der Waals surface area contributed by atoms with Crippen molar-refractivity contribution < 1.29 is 23.8 Å². The average Bonchev–Trinajstić information content (AvgIpc) is 3.11. The van der Waals surface area contributed by atoms with Gasteiger partial charge in [0.1, 0.15) is 6.61 Å². The van der Waals surface area contributed by atoms with Crippen LogP contribution in [0.4, 0.5) is 0 Å². The van der Waals surface area contributed by atoms with Gasteiger partial charge in [-0.2, -0.15) is 0 Å². The molecule has 1 unspecified atom stereocenters. The Morgan fingerprint density at radius 1 is 0.529 bits per heavy atom. The second kappa shape index (κ2) is 40.6. The summed E-state index contributed by atoms with van der Waals surface area (Å²) in [6.07, 6.45) is 46.5. The van der Waals surface area contributed by atoms with Gasteiger partial charge in [-0.25, -0.2) is 0 Å². The van der Waals surface area contributed by atoms with Crippen LogP contribution in [0.25, 0.3) is 0 Å². The van der Waals surface area contributed by atoms with Gasteiger partial charge in [-0.15, -0.1) is 0 Å². The summed E-state index contributed by atoms with van der Waals surface area (Å²) in [6.45, 7) is 6.20. The lowest BCUT2D eigenvalue weighted by Crippen LogP contribution is -2.30. The minimum atomic E-state index is -0.559. The number of hydrogen-bond acceptors (Lipinski definition) is 6. The highest BCUT2D eigenvalue weighted by Gasteiger charge is 2.17. The number of esters is 2. The Morgan fingerprint density at radius 3 is 1.61 bits per heavy atom. The van der Waals surface area contributed by atoms with E-state index < -0.39 is 6.10 Å². The maximum atomic E-state index is 12.5. The highest BCUT2D eigenvalue weighted by atomic mass is 16.6. The van der Waals surface area contributed by atoms with E-state index in [1.54, 1.807) is 0 Å². The summed E-state index contributed by atoms with van der Waals surface area (Å²) in [5, 5.41) is 0. The lowest BCUT2D eigenvalue weighted by Gasteiger charge is -2.18. The van der Waals surface area contributed by atoms with E-state index in [9.17, 15) is 9.59 Å². The Kier molecular flexibility index (Phi) is 38.9. The molecule has 0 rings (SSSR count). The van der Waals surface area contributed by atoms with Crippen LogP contribution in [0.2, 0.25) is 0 Å². The van der Waals surface area contributed by atoms with E-state index in [0.717, 1.165) is 77.2 Å². The third-order valence-corrected chi connectivity index (χ3v) is 8.85. The van der Waals surface area contributed by atoms with E-state index in [2.05, 4.69) is 67.4 Å². The molecule has 0 saturated heterocycles. The minimum absolute atomic E-state index is 0.0599. The second-order valence-electron chi connectivity index (χ2n) is 14.3. The quantitative estimate of drug-likeness (QED) is 0.0360. The number of unbranched alkanes of at least 4 members (excludes halogenated alkanes) is 17. The van der Waals surface area contributed by atoms with Crippen LogP contribution in [0.15, 0.2) is 48.6 Å². The van der Waals surface area contributed by atoms with E-state index in [1.807, 2.05) is 14.1 Å². The Hall–Kier alpha value is -2.18. The third kappa shape index (κ3) is 40.4. The Bertz CT molecular complexity index is 878. The Morgan fingerprint density at radius 2 is 1.02 bits per heavy atom. The van der Waals surface area contributed by atoms with Crippen molar-refractivity contribution in [3.63, 3.8) is 0 Å². The minimum Gasteiger partial charge on any atom is -0.462 e. The molecule has 0 aliphatic rings. The van der Waals surface area contributed by atoms with E-state index in [0.29, 0.717) is 19.4 Å². The van der Waals surface area contributed by atoms with Crippen molar-refractivity contribution in [2.45, 2.75) is 187 Å². The molecule has 0 saturated carbocycles. The number of carbonyl (C=O) groups is 2. The number of hydrogen-bond donors (Lipinski definition) is 0. The molecule has 0 spiro atoms. The molecule has 0 aromatic heterocycles. The van der Waals surface area contributed by atoms with Crippen LogP contribution in [-0.2, 0) is 23.8 Å². The zero-order chi connectivity index (χ0) is 37.3. The van der Waals surface area contributed by atoms with Crippen LogP contribution >= 0.6 is 0 Å². The van der Waals surface area contributed by atoms with Crippen LogP contribution < -0.4 is 0 Å². The summed E-state index contributed by atoms with van der Waals surface area (Å²) >= 11 is 0. The molecule has 0 aliphatic heterocycles. The molecule has 0 aromatic rings. The number of ether oxygens (including phenoxy) is 3. The molecule has 0 bridgehead atoms. The molecule has 1 atom stereocenters. The molecule has 296 valence electrons. The predicted octanol–water partition coefficient (Wildman–Crippen LogP) is 12.4. The summed E-state index contributed by atoms with van der Waals surface area (Å²) in [5.74, 6) is -0.478. The first-order valence-corrected chi connectivity index (χ1v) is 21.2. The van der Waals surface area contributed by atoms with E-state index in [1.165, 1.54) is 83.5 Å². The largest absolute Gasteiger partial charge is 0.462 e. The van der Waals surface area contributed by atoms with Crippen molar-refractivity contribution in [1.29, 1.82) is 0 Å². The van der Waals surface area contributed by atoms with Gasteiger partial charge in [0.25, 0.3) is 0 Å². The molecule has 0 aliphatic carbocycles. The molecule has 0 N–H and O–H groups in total. The van der Waals surface area contributed by atoms with Crippen LogP contribution in [0.5, 0.6) is 0 Å². The van der Waals surface area contributed by atoms with Crippen molar-refractivity contribution >= 4 is 11.9 Å². The first-order chi connectivity index (χ1) is 25.0. The van der Waals surface area contributed by atoms with E-state index >= 15 is 0 Å². The summed E-state index contributed by atoms with van der Waals surface area (Å²) in [7, 11) is 3.98. The fraction of sp³-hybridized carbons (Fsp3) is 0.778. The summed E-state index contributed by atoms with van der Waals surface area (Å²) in [6, 6.07) is 0. The normalized spacial score (nSPS) is 12.7. The Labute approximate surface area is 315 Å². The van der Waals surface area contributed by atoms with Crippen molar-refractivity contribution in [3.05, 3.63) is 48.6 Å². The van der Waals surface area contributed by atoms with Gasteiger partial charge in [-0.3, -0.25) is 9.59 Å². The van der Waals surface area contributed by atoms with E-state index in [4.69, 9.17) is 14.2 Å². The number of rotatable bonds is 38. The van der Waals surface area contributed by atoms with Gasteiger partial charge in [0.15, 0.2) is 6.10 Å². The van der Waals surface area contributed by atoms with Crippen LogP contribution in [0.1, 0.15) is 181 Å². The number of nitrogens with zero attached hydrogens (tertiary/aromatic N) is 1. The van der Waals surface area contributed by atoms with Crippen LogP contribution in [0, 0.1) is 0 Å². The lowest BCUT2D eigenvalue weighted by atomic mass is 10.1. The first-order valence-electron chi connectivity index (χ1n) is 21.2. The highest BCUT2D eigenvalue weighted by molar-refractivity contribution is 5.70. The molecule has 0 fully saturated rings. The molecule has 51 heavy (non-hydrogen) atoms. The summed E-state index contributed by atoms with van der Waals surface area (Å²) < 4.78 is 17.1. The van der Waals surface area contributed by atoms with Gasteiger partial charge < -0.3 is 19.1 Å². The number of carbonyl (C=O) groups excluding carboxylic acids is 2. The third-order valence-electron chi connectivity index (χ3n) is 8.85. The molecule has 0 radical (unpaired) electrons. The van der Waals surface area contributed by atoms with Crippen LogP contribution in [-0.4, -0.2) is 63.4 Å². The van der Waals surface area contributed by atoms with Gasteiger partial charge in [0.05, 0.1) is 6.61 Å². The second-order valence-corrected chi connectivity index (χ2v) is 14.3. The van der Waals surface area contributed by atoms with Crippen molar-refractivity contribution in [1.82, 2.24) is 4.90 Å². The van der Waals surface area contributed by atoms with Crippen molar-refractivity contribution in [2.24, 2.45) is 0 Å². The zero-order valence-electron chi connectivity index (χ0n) is 33.9.